The lowest BCUT2D eigenvalue weighted by Gasteiger charge is -2.21. The summed E-state index contributed by atoms with van der Waals surface area (Å²) in [7, 11) is 0. The van der Waals surface area contributed by atoms with Crippen LogP contribution in [0.4, 0.5) is 13.2 Å². The molecule has 0 saturated carbocycles. The number of halogens is 3. The maximum Gasteiger partial charge on any atom is 0.416 e. The molecule has 134 valence electrons. The Morgan fingerprint density at radius 2 is 1.79 bits per heavy atom. The molecule has 1 rings (SSSR count). The molecular weight excluding hydrogens is 325 g/mol. The third-order valence-corrected chi connectivity index (χ3v) is 3.06. The highest BCUT2D eigenvalue weighted by atomic mass is 19.4. The van der Waals surface area contributed by atoms with E-state index in [4.69, 9.17) is 4.74 Å². The second kappa shape index (κ2) is 8.56. The van der Waals surface area contributed by atoms with E-state index in [1.165, 1.54) is 4.90 Å². The van der Waals surface area contributed by atoms with Crippen LogP contribution in [-0.4, -0.2) is 42.5 Å². The van der Waals surface area contributed by atoms with Crippen LogP contribution in [0.5, 0.6) is 5.75 Å². The number of nitrogens with one attached hydrogen (secondary N) is 1. The molecule has 0 atom stereocenters. The Morgan fingerprint density at radius 1 is 1.21 bits per heavy atom. The third kappa shape index (κ3) is 6.47. The van der Waals surface area contributed by atoms with Gasteiger partial charge in [-0.3, -0.25) is 9.59 Å². The van der Waals surface area contributed by atoms with Gasteiger partial charge in [0.1, 0.15) is 5.75 Å². The molecule has 0 radical (unpaired) electrons. The molecule has 5 nitrogen and oxygen atoms in total. The van der Waals surface area contributed by atoms with Crippen molar-refractivity contribution in [2.75, 3.05) is 19.7 Å². The van der Waals surface area contributed by atoms with E-state index in [1.54, 1.807) is 6.92 Å². The summed E-state index contributed by atoms with van der Waals surface area (Å²) in [5, 5.41) is 2.68. The van der Waals surface area contributed by atoms with Crippen LogP contribution in [0.1, 0.15) is 26.3 Å². The number of benzene rings is 1. The zero-order valence-electron chi connectivity index (χ0n) is 13.8. The fraction of sp³-hybridized carbons (Fsp3) is 0.500. The van der Waals surface area contributed by atoms with E-state index >= 15 is 0 Å². The van der Waals surface area contributed by atoms with E-state index in [-0.39, 0.29) is 30.9 Å². The SMILES string of the molecule is CCN(CC(=O)NC(C)C)C(=O)COc1ccc(C(F)(F)F)cc1. The molecule has 0 aromatic heterocycles. The topological polar surface area (TPSA) is 58.6 Å². The average molecular weight is 346 g/mol. The monoisotopic (exact) mass is 346 g/mol. The summed E-state index contributed by atoms with van der Waals surface area (Å²) in [5.41, 5.74) is -0.790. The van der Waals surface area contributed by atoms with Crippen LogP contribution in [0.15, 0.2) is 24.3 Å². The molecular formula is C16H21F3N2O3. The van der Waals surface area contributed by atoms with Crippen LogP contribution < -0.4 is 10.1 Å². The van der Waals surface area contributed by atoms with Gasteiger partial charge in [-0.05, 0) is 45.0 Å². The van der Waals surface area contributed by atoms with Crippen LogP contribution in [0.25, 0.3) is 0 Å². The molecule has 0 saturated heterocycles. The van der Waals surface area contributed by atoms with Crippen molar-refractivity contribution in [1.82, 2.24) is 10.2 Å². The summed E-state index contributed by atoms with van der Waals surface area (Å²) in [6.07, 6.45) is -4.42. The van der Waals surface area contributed by atoms with Crippen LogP contribution in [0, 0.1) is 0 Å². The van der Waals surface area contributed by atoms with E-state index in [1.807, 2.05) is 13.8 Å². The van der Waals surface area contributed by atoms with Gasteiger partial charge in [-0.15, -0.1) is 0 Å². The predicted octanol–water partition coefficient (Wildman–Crippen LogP) is 2.46. The van der Waals surface area contributed by atoms with Crippen LogP contribution in [0.3, 0.4) is 0 Å². The number of nitrogens with zero attached hydrogens (tertiary/aromatic N) is 1. The first-order valence-corrected chi connectivity index (χ1v) is 7.50. The second-order valence-electron chi connectivity index (χ2n) is 5.44. The van der Waals surface area contributed by atoms with Gasteiger partial charge in [0.05, 0.1) is 12.1 Å². The molecule has 0 aliphatic carbocycles. The Morgan fingerprint density at radius 3 is 2.25 bits per heavy atom. The summed E-state index contributed by atoms with van der Waals surface area (Å²) in [6.45, 7) is 5.21. The van der Waals surface area contributed by atoms with Crippen LogP contribution >= 0.6 is 0 Å². The van der Waals surface area contributed by atoms with Crippen molar-refractivity contribution in [2.24, 2.45) is 0 Å². The van der Waals surface area contributed by atoms with Gasteiger partial charge in [-0.2, -0.15) is 13.2 Å². The lowest BCUT2D eigenvalue weighted by atomic mass is 10.2. The number of likely N-dealkylation sites (N-methyl/N-ethyl adjacent to an activating group) is 1. The zero-order chi connectivity index (χ0) is 18.3. The number of hydrogen-bond acceptors (Lipinski definition) is 3. The second-order valence-corrected chi connectivity index (χ2v) is 5.44. The van der Waals surface area contributed by atoms with Gasteiger partial charge in [0.2, 0.25) is 5.91 Å². The Bertz CT molecular complexity index is 557. The van der Waals surface area contributed by atoms with Crippen LogP contribution in [0.2, 0.25) is 0 Å². The van der Waals surface area contributed by atoms with Gasteiger partial charge >= 0.3 is 6.18 Å². The summed E-state index contributed by atoms with van der Waals surface area (Å²) in [6, 6.07) is 4.03. The highest BCUT2D eigenvalue weighted by Gasteiger charge is 2.30. The van der Waals surface area contributed by atoms with E-state index in [0.717, 1.165) is 24.3 Å². The molecule has 8 heteroatoms. The smallest absolute Gasteiger partial charge is 0.416 e. The van der Waals surface area contributed by atoms with Crippen molar-refractivity contribution in [1.29, 1.82) is 0 Å². The zero-order valence-corrected chi connectivity index (χ0v) is 13.8. The minimum Gasteiger partial charge on any atom is -0.484 e. The predicted molar refractivity (Wildman–Crippen MR) is 82.5 cm³/mol. The fourth-order valence-corrected chi connectivity index (χ4v) is 1.89. The number of carbonyl (C=O) groups excluding carboxylic acids is 2. The summed E-state index contributed by atoms with van der Waals surface area (Å²) >= 11 is 0. The number of ether oxygens (including phenoxy) is 1. The number of hydrogen-bond donors (Lipinski definition) is 1. The lowest BCUT2D eigenvalue weighted by molar-refractivity contribution is -0.138. The molecule has 1 N–H and O–H groups in total. The Kier molecular flexibility index (Phi) is 7.06. The van der Waals surface area contributed by atoms with Crippen molar-refractivity contribution in [3.05, 3.63) is 29.8 Å². The quantitative estimate of drug-likeness (QED) is 0.825. The van der Waals surface area contributed by atoms with Gasteiger partial charge < -0.3 is 15.0 Å². The average Bonchev–Trinajstić information content (AvgIpc) is 2.49. The molecule has 2 amide bonds. The molecule has 0 aliphatic rings. The van der Waals surface area contributed by atoms with Crippen molar-refractivity contribution in [3.8, 4) is 5.75 Å². The van der Waals surface area contributed by atoms with Crippen molar-refractivity contribution < 1.29 is 27.5 Å². The van der Waals surface area contributed by atoms with Crippen molar-refractivity contribution in [2.45, 2.75) is 33.0 Å². The van der Waals surface area contributed by atoms with Gasteiger partial charge in [0, 0.05) is 12.6 Å². The van der Waals surface area contributed by atoms with Gasteiger partial charge in [0.25, 0.3) is 5.91 Å². The minimum absolute atomic E-state index is 0.0327. The molecule has 1 aromatic rings. The molecule has 0 fully saturated rings. The van der Waals surface area contributed by atoms with Crippen molar-refractivity contribution in [3.63, 3.8) is 0 Å². The first-order valence-electron chi connectivity index (χ1n) is 7.50. The summed E-state index contributed by atoms with van der Waals surface area (Å²) in [4.78, 5) is 25.0. The van der Waals surface area contributed by atoms with E-state index in [0.29, 0.717) is 6.54 Å². The fourth-order valence-electron chi connectivity index (χ4n) is 1.89. The normalized spacial score (nSPS) is 11.3. The van der Waals surface area contributed by atoms with Gasteiger partial charge in [-0.25, -0.2) is 0 Å². The number of carbonyl (C=O) groups is 2. The molecule has 0 unspecified atom stereocenters. The van der Waals surface area contributed by atoms with E-state index < -0.39 is 17.6 Å². The Labute approximate surface area is 138 Å². The summed E-state index contributed by atoms with van der Waals surface area (Å²) in [5.74, 6) is -0.551. The summed E-state index contributed by atoms with van der Waals surface area (Å²) < 4.78 is 42.6. The maximum atomic E-state index is 12.5. The Balaban J connectivity index is 2.55. The molecule has 0 bridgehead atoms. The van der Waals surface area contributed by atoms with Crippen molar-refractivity contribution >= 4 is 11.8 Å². The highest BCUT2D eigenvalue weighted by Crippen LogP contribution is 2.30. The third-order valence-electron chi connectivity index (χ3n) is 3.06. The molecule has 1 aromatic carbocycles. The number of alkyl halides is 3. The minimum atomic E-state index is -4.42. The Hall–Kier alpha value is -2.25. The maximum absolute atomic E-state index is 12.5. The molecule has 24 heavy (non-hydrogen) atoms. The standard InChI is InChI=1S/C16H21F3N2O3/c1-4-21(9-14(22)20-11(2)3)15(23)10-24-13-7-5-12(6-8-13)16(17,18)19/h5-8,11H,4,9-10H2,1-3H3,(H,20,22). The first kappa shape index (κ1) is 19.8. The molecule has 0 aliphatic heterocycles. The molecule has 0 spiro atoms. The molecule has 0 heterocycles. The van der Waals surface area contributed by atoms with Gasteiger partial charge in [0.15, 0.2) is 6.61 Å². The largest absolute Gasteiger partial charge is 0.484 e. The first-order chi connectivity index (χ1) is 11.1. The lowest BCUT2D eigenvalue weighted by Crippen LogP contribution is -2.44. The van der Waals surface area contributed by atoms with E-state index in [2.05, 4.69) is 5.32 Å². The number of amides is 2. The number of rotatable bonds is 7. The van der Waals surface area contributed by atoms with Crippen LogP contribution in [-0.2, 0) is 15.8 Å². The van der Waals surface area contributed by atoms with E-state index in [9.17, 15) is 22.8 Å². The highest BCUT2D eigenvalue weighted by molar-refractivity contribution is 5.85. The van der Waals surface area contributed by atoms with Gasteiger partial charge in [-0.1, -0.05) is 0 Å².